The number of amides is 1. The summed E-state index contributed by atoms with van der Waals surface area (Å²) in [6, 6.07) is 15.9. The number of aromatic nitrogens is 3. The molecule has 1 amide bonds. The molecule has 1 N–H and O–H groups in total. The van der Waals surface area contributed by atoms with Crippen LogP contribution in [0.4, 0.5) is 13.2 Å². The molecular weight excluding hydrogens is 501 g/mol. The molecule has 0 atom stereocenters. The molecule has 1 aliphatic rings. The van der Waals surface area contributed by atoms with Crippen LogP contribution in [0.25, 0.3) is 10.9 Å². The van der Waals surface area contributed by atoms with E-state index in [4.69, 9.17) is 11.6 Å². The van der Waals surface area contributed by atoms with Gasteiger partial charge in [-0.3, -0.25) is 9.48 Å². The van der Waals surface area contributed by atoms with Crippen molar-refractivity contribution in [1.82, 2.24) is 19.7 Å². The zero-order chi connectivity index (χ0) is 26.3. The van der Waals surface area contributed by atoms with Crippen molar-refractivity contribution in [2.45, 2.75) is 58.3 Å². The maximum Gasteiger partial charge on any atom is 0.436 e. The largest absolute Gasteiger partial charge is 0.436 e. The Balaban J connectivity index is 1.25. The SMILES string of the molecule is Cc1c(C)n(Cc2ccccc2)c2ccc(C(=O)NCCCn3nc(C(F)(F)F)c(Cl)c3C3CC3)cc12. The molecule has 1 fully saturated rings. The molecule has 0 saturated heterocycles. The van der Waals surface area contributed by atoms with E-state index in [0.717, 1.165) is 41.5 Å². The number of aryl methyl sites for hydroxylation is 2. The minimum Gasteiger partial charge on any atom is -0.352 e. The van der Waals surface area contributed by atoms with Crippen LogP contribution in [0, 0.1) is 13.8 Å². The van der Waals surface area contributed by atoms with Gasteiger partial charge in [-0.25, -0.2) is 0 Å². The van der Waals surface area contributed by atoms with Crippen LogP contribution in [-0.4, -0.2) is 26.8 Å². The van der Waals surface area contributed by atoms with Crippen molar-refractivity contribution in [2.24, 2.45) is 0 Å². The van der Waals surface area contributed by atoms with Crippen molar-refractivity contribution in [2.75, 3.05) is 6.54 Å². The highest BCUT2D eigenvalue weighted by molar-refractivity contribution is 6.32. The first-order valence-electron chi connectivity index (χ1n) is 12.4. The van der Waals surface area contributed by atoms with E-state index in [2.05, 4.69) is 41.0 Å². The van der Waals surface area contributed by atoms with Crippen LogP contribution in [0.1, 0.15) is 63.7 Å². The summed E-state index contributed by atoms with van der Waals surface area (Å²) in [7, 11) is 0. The minimum absolute atomic E-state index is 0.0262. The summed E-state index contributed by atoms with van der Waals surface area (Å²) in [6.07, 6.45) is -2.52. The van der Waals surface area contributed by atoms with Crippen LogP contribution in [0.15, 0.2) is 48.5 Å². The highest BCUT2D eigenvalue weighted by Crippen LogP contribution is 2.46. The third-order valence-corrected chi connectivity index (χ3v) is 7.45. The molecule has 0 unspecified atom stereocenters. The van der Waals surface area contributed by atoms with Crippen LogP contribution in [0.3, 0.4) is 0 Å². The van der Waals surface area contributed by atoms with Gasteiger partial charge in [0, 0.05) is 47.7 Å². The summed E-state index contributed by atoms with van der Waals surface area (Å²) in [5.41, 5.74) is 4.53. The second-order valence-corrected chi connectivity index (χ2v) is 10.0. The van der Waals surface area contributed by atoms with Gasteiger partial charge in [0.1, 0.15) is 0 Å². The number of carbonyl (C=O) groups is 1. The highest BCUT2D eigenvalue weighted by Gasteiger charge is 2.41. The van der Waals surface area contributed by atoms with Crippen molar-refractivity contribution in [3.8, 4) is 0 Å². The van der Waals surface area contributed by atoms with Gasteiger partial charge in [-0.1, -0.05) is 41.9 Å². The maximum atomic E-state index is 13.3. The second-order valence-electron chi connectivity index (χ2n) is 9.67. The third kappa shape index (κ3) is 5.12. The lowest BCUT2D eigenvalue weighted by Gasteiger charge is -2.10. The lowest BCUT2D eigenvalue weighted by molar-refractivity contribution is -0.141. The molecule has 1 aliphatic carbocycles. The molecule has 5 rings (SSSR count). The highest BCUT2D eigenvalue weighted by atomic mass is 35.5. The van der Waals surface area contributed by atoms with Crippen molar-refractivity contribution in [1.29, 1.82) is 0 Å². The Bertz CT molecular complexity index is 1450. The number of nitrogens with zero attached hydrogens (tertiary/aromatic N) is 3. The van der Waals surface area contributed by atoms with Crippen LogP contribution >= 0.6 is 11.6 Å². The average molecular weight is 529 g/mol. The van der Waals surface area contributed by atoms with Crippen LogP contribution in [0.5, 0.6) is 0 Å². The summed E-state index contributed by atoms with van der Waals surface area (Å²) in [5, 5.41) is 7.37. The molecular formula is C28H28ClF3N4O. The monoisotopic (exact) mass is 528 g/mol. The maximum absolute atomic E-state index is 13.3. The molecule has 5 nitrogen and oxygen atoms in total. The molecule has 194 valence electrons. The smallest absolute Gasteiger partial charge is 0.352 e. The lowest BCUT2D eigenvalue weighted by atomic mass is 10.1. The third-order valence-electron chi connectivity index (χ3n) is 7.08. The second kappa shape index (κ2) is 9.89. The summed E-state index contributed by atoms with van der Waals surface area (Å²) < 4.78 is 43.4. The molecule has 1 saturated carbocycles. The molecule has 0 aliphatic heterocycles. The van der Waals surface area contributed by atoms with Crippen molar-refractivity contribution in [3.05, 3.63) is 87.3 Å². The number of hydrogen-bond donors (Lipinski definition) is 1. The predicted octanol–water partition coefficient (Wildman–Crippen LogP) is 6.87. The van der Waals surface area contributed by atoms with Gasteiger partial charge in [-0.05, 0) is 62.4 Å². The molecule has 2 heterocycles. The van der Waals surface area contributed by atoms with Gasteiger partial charge < -0.3 is 9.88 Å². The number of carbonyl (C=O) groups excluding carboxylic acids is 1. The quantitative estimate of drug-likeness (QED) is 0.254. The zero-order valence-electron chi connectivity index (χ0n) is 20.7. The Kier molecular flexibility index (Phi) is 6.79. The fourth-order valence-electron chi connectivity index (χ4n) is 4.84. The van der Waals surface area contributed by atoms with E-state index in [-0.39, 0.29) is 23.4 Å². The van der Waals surface area contributed by atoms with E-state index in [1.165, 1.54) is 10.2 Å². The molecule has 0 spiro atoms. The Morgan fingerprint density at radius 2 is 1.86 bits per heavy atom. The van der Waals surface area contributed by atoms with E-state index in [1.807, 2.05) is 36.4 Å². The summed E-state index contributed by atoms with van der Waals surface area (Å²) in [6.45, 7) is 5.45. The first-order chi connectivity index (χ1) is 17.6. The first-order valence-corrected chi connectivity index (χ1v) is 12.8. The number of fused-ring (bicyclic) bond motifs is 1. The topological polar surface area (TPSA) is 51.9 Å². The van der Waals surface area contributed by atoms with Gasteiger partial charge in [0.05, 0.1) is 10.7 Å². The first kappa shape index (κ1) is 25.4. The van der Waals surface area contributed by atoms with Crippen molar-refractivity contribution in [3.63, 3.8) is 0 Å². The molecule has 0 radical (unpaired) electrons. The molecule has 0 bridgehead atoms. The number of hydrogen-bond acceptors (Lipinski definition) is 2. The lowest BCUT2D eigenvalue weighted by Crippen LogP contribution is -2.25. The molecule has 4 aromatic rings. The molecule has 37 heavy (non-hydrogen) atoms. The van der Waals surface area contributed by atoms with Gasteiger partial charge >= 0.3 is 6.18 Å². The summed E-state index contributed by atoms with van der Waals surface area (Å²) in [4.78, 5) is 12.9. The molecule has 2 aromatic heterocycles. The zero-order valence-corrected chi connectivity index (χ0v) is 21.5. The van der Waals surface area contributed by atoms with Gasteiger partial charge in [0.2, 0.25) is 0 Å². The van der Waals surface area contributed by atoms with Crippen LogP contribution < -0.4 is 5.32 Å². The predicted molar refractivity (Wildman–Crippen MR) is 138 cm³/mol. The van der Waals surface area contributed by atoms with E-state index < -0.39 is 11.9 Å². The van der Waals surface area contributed by atoms with Gasteiger partial charge in [0.15, 0.2) is 5.69 Å². The standard InChI is InChI=1S/C28H28ClF3N4O/c1-17-18(2)35(16-19-7-4-3-5-8-19)23-12-11-21(15-22(17)23)27(37)33-13-6-14-36-25(20-9-10-20)24(29)26(34-36)28(30,31)32/h3-5,7-8,11-12,15,20H,6,9-10,13-14,16H2,1-2H3,(H,33,37). The fraction of sp³-hybridized carbons (Fsp3) is 0.357. The number of alkyl halides is 3. The number of nitrogens with one attached hydrogen (secondary N) is 1. The summed E-state index contributed by atoms with van der Waals surface area (Å²) >= 11 is 6.04. The van der Waals surface area contributed by atoms with E-state index >= 15 is 0 Å². The van der Waals surface area contributed by atoms with Gasteiger partial charge in [-0.15, -0.1) is 0 Å². The number of benzene rings is 2. The Morgan fingerprint density at radius 3 is 2.54 bits per heavy atom. The number of rotatable bonds is 8. The minimum atomic E-state index is -4.59. The van der Waals surface area contributed by atoms with E-state index in [9.17, 15) is 18.0 Å². The van der Waals surface area contributed by atoms with Crippen molar-refractivity contribution < 1.29 is 18.0 Å². The molecule has 2 aromatic carbocycles. The van der Waals surface area contributed by atoms with E-state index in [1.54, 1.807) is 0 Å². The normalized spacial score (nSPS) is 13.9. The van der Waals surface area contributed by atoms with Crippen molar-refractivity contribution >= 4 is 28.4 Å². The number of halogens is 4. The molecule has 9 heteroatoms. The average Bonchev–Trinajstić information content (AvgIpc) is 3.61. The van der Waals surface area contributed by atoms with Crippen LogP contribution in [0.2, 0.25) is 5.02 Å². The Hall–Kier alpha value is -3.26. The summed E-state index contributed by atoms with van der Waals surface area (Å²) in [5.74, 6) is -0.190. The Morgan fingerprint density at radius 1 is 1.14 bits per heavy atom. The van der Waals surface area contributed by atoms with Gasteiger partial charge in [0.25, 0.3) is 5.91 Å². The Labute approximate surface area is 218 Å². The van der Waals surface area contributed by atoms with Crippen LogP contribution in [-0.2, 0) is 19.3 Å². The van der Waals surface area contributed by atoms with Gasteiger partial charge in [-0.2, -0.15) is 18.3 Å². The fourth-order valence-corrected chi connectivity index (χ4v) is 5.24. The van der Waals surface area contributed by atoms with E-state index in [0.29, 0.717) is 24.2 Å².